The van der Waals surface area contributed by atoms with Gasteiger partial charge in [-0.15, -0.1) is 11.6 Å². The first kappa shape index (κ1) is 13.3. The minimum atomic E-state index is -2.74. The molecular formula is C9H7BrClF3N2. The first-order valence-corrected chi connectivity index (χ1v) is 5.44. The van der Waals surface area contributed by atoms with Crippen LogP contribution in [0.1, 0.15) is 12.0 Å². The molecule has 0 aromatic heterocycles. The van der Waals surface area contributed by atoms with Gasteiger partial charge in [-0.1, -0.05) is 0 Å². The zero-order chi connectivity index (χ0) is 12.3. The molecule has 0 saturated heterocycles. The van der Waals surface area contributed by atoms with Crippen LogP contribution in [0, 0.1) is 5.82 Å². The Kier molecular flexibility index (Phi) is 4.61. The lowest BCUT2D eigenvalue weighted by Crippen LogP contribution is -2.12. The highest BCUT2D eigenvalue weighted by Gasteiger charge is 2.14. The van der Waals surface area contributed by atoms with Crippen LogP contribution < -0.4 is 5.73 Å². The van der Waals surface area contributed by atoms with Gasteiger partial charge in [0.05, 0.1) is 5.88 Å². The number of amidine groups is 1. The summed E-state index contributed by atoms with van der Waals surface area (Å²) < 4.78 is 38.1. The molecule has 1 aromatic rings. The third kappa shape index (κ3) is 3.12. The second-order valence-corrected chi connectivity index (χ2v) is 3.99. The van der Waals surface area contributed by atoms with Gasteiger partial charge >= 0.3 is 0 Å². The second kappa shape index (κ2) is 5.54. The van der Waals surface area contributed by atoms with Gasteiger partial charge in [-0.3, -0.25) is 0 Å². The van der Waals surface area contributed by atoms with Crippen LogP contribution >= 0.6 is 27.5 Å². The molecule has 0 fully saturated rings. The molecule has 1 rings (SSSR count). The summed E-state index contributed by atoms with van der Waals surface area (Å²) in [6.07, 6.45) is -2.74. The van der Waals surface area contributed by atoms with E-state index in [1.807, 2.05) is 0 Å². The Morgan fingerprint density at radius 1 is 1.50 bits per heavy atom. The average Bonchev–Trinajstić information content (AvgIpc) is 2.22. The molecule has 16 heavy (non-hydrogen) atoms. The van der Waals surface area contributed by atoms with E-state index >= 15 is 0 Å². The number of halogens is 5. The fourth-order valence-electron chi connectivity index (χ4n) is 0.991. The molecule has 2 N–H and O–H groups in total. The highest BCUT2D eigenvalue weighted by Crippen LogP contribution is 2.33. The fourth-order valence-corrected chi connectivity index (χ4v) is 1.59. The third-order valence-electron chi connectivity index (χ3n) is 1.68. The van der Waals surface area contributed by atoms with Gasteiger partial charge in [0.25, 0.3) is 6.43 Å². The Morgan fingerprint density at radius 2 is 2.12 bits per heavy atom. The van der Waals surface area contributed by atoms with E-state index in [4.69, 9.17) is 17.3 Å². The van der Waals surface area contributed by atoms with Crippen molar-refractivity contribution in [3.8, 4) is 0 Å². The van der Waals surface area contributed by atoms with E-state index in [1.165, 1.54) is 0 Å². The molecule has 0 aliphatic carbocycles. The van der Waals surface area contributed by atoms with Crippen molar-refractivity contribution < 1.29 is 13.2 Å². The first-order chi connectivity index (χ1) is 7.45. The number of alkyl halides is 3. The van der Waals surface area contributed by atoms with E-state index in [0.29, 0.717) is 0 Å². The Bertz CT molecular complexity index is 400. The Hall–Kier alpha value is -0.750. The molecule has 0 aliphatic rings. The molecule has 0 radical (unpaired) electrons. The minimum absolute atomic E-state index is 0.00561. The lowest BCUT2D eigenvalue weighted by molar-refractivity contribution is 0.151. The van der Waals surface area contributed by atoms with E-state index in [1.54, 1.807) is 0 Å². The largest absolute Gasteiger partial charge is 0.386 e. The predicted octanol–water partition coefficient (Wildman–Crippen LogP) is 3.75. The second-order valence-electron chi connectivity index (χ2n) is 2.87. The van der Waals surface area contributed by atoms with E-state index in [2.05, 4.69) is 20.9 Å². The standard InChI is InChI=1S/C9H7BrClF3N2/c10-5-1-4(9(13)14)2-6(12)8(5)16-7(15)3-11/h1-2,9H,3H2,(H2,15,16). The van der Waals surface area contributed by atoms with E-state index < -0.39 is 17.8 Å². The maximum absolute atomic E-state index is 13.4. The van der Waals surface area contributed by atoms with Crippen molar-refractivity contribution in [2.45, 2.75) is 6.43 Å². The SMILES string of the molecule is NC(CCl)=Nc1c(F)cc(C(F)F)cc1Br. The molecule has 0 unspecified atom stereocenters. The topological polar surface area (TPSA) is 38.4 Å². The molecule has 0 atom stereocenters. The van der Waals surface area contributed by atoms with Gasteiger partial charge in [-0.2, -0.15) is 0 Å². The van der Waals surface area contributed by atoms with Crippen LogP contribution in [0.25, 0.3) is 0 Å². The number of aliphatic imine (C=N–C) groups is 1. The third-order valence-corrected chi connectivity index (χ3v) is 2.56. The number of rotatable bonds is 3. The van der Waals surface area contributed by atoms with E-state index in [-0.39, 0.29) is 21.9 Å². The molecule has 7 heteroatoms. The number of hydrogen-bond acceptors (Lipinski definition) is 1. The Morgan fingerprint density at radius 3 is 2.56 bits per heavy atom. The summed E-state index contributed by atoms with van der Waals surface area (Å²) >= 11 is 8.32. The first-order valence-electron chi connectivity index (χ1n) is 4.11. The molecular weight excluding hydrogens is 308 g/mol. The summed E-state index contributed by atoms with van der Waals surface area (Å²) in [6, 6.07) is 1.81. The minimum Gasteiger partial charge on any atom is -0.386 e. The van der Waals surface area contributed by atoms with Gasteiger partial charge in [0.15, 0.2) is 5.82 Å². The molecule has 0 aliphatic heterocycles. The Balaban J connectivity index is 3.23. The van der Waals surface area contributed by atoms with Crippen LogP contribution in [0.2, 0.25) is 0 Å². The molecule has 88 valence electrons. The quantitative estimate of drug-likeness (QED) is 0.515. The van der Waals surface area contributed by atoms with Crippen molar-refractivity contribution in [3.05, 3.63) is 28.0 Å². The maximum atomic E-state index is 13.4. The number of nitrogens with two attached hydrogens (primary N) is 1. The summed E-state index contributed by atoms with van der Waals surface area (Å²) in [5, 5.41) is 0. The van der Waals surface area contributed by atoms with Crippen LogP contribution in [0.5, 0.6) is 0 Å². The van der Waals surface area contributed by atoms with Gasteiger partial charge in [-0.05, 0) is 28.1 Å². The predicted molar refractivity (Wildman–Crippen MR) is 61.1 cm³/mol. The Labute approximate surface area is 103 Å². The summed E-state index contributed by atoms with van der Waals surface area (Å²) in [6.45, 7) is 0. The highest BCUT2D eigenvalue weighted by molar-refractivity contribution is 9.10. The molecule has 0 spiro atoms. The molecule has 1 aromatic carbocycles. The van der Waals surface area contributed by atoms with Gasteiger partial charge in [0, 0.05) is 10.0 Å². The van der Waals surface area contributed by atoms with Crippen LogP contribution in [0.15, 0.2) is 21.6 Å². The van der Waals surface area contributed by atoms with Gasteiger partial charge in [-0.25, -0.2) is 18.2 Å². The summed E-state index contributed by atoms with van der Waals surface area (Å²) in [5.41, 5.74) is 4.76. The lowest BCUT2D eigenvalue weighted by atomic mass is 10.2. The van der Waals surface area contributed by atoms with E-state index in [0.717, 1.165) is 12.1 Å². The highest BCUT2D eigenvalue weighted by atomic mass is 79.9. The summed E-state index contributed by atoms with van der Waals surface area (Å²) in [7, 11) is 0. The van der Waals surface area contributed by atoms with Crippen molar-refractivity contribution in [1.29, 1.82) is 0 Å². The zero-order valence-corrected chi connectivity index (χ0v) is 10.2. The molecule has 0 bridgehead atoms. The molecule has 0 amide bonds. The van der Waals surface area contributed by atoms with Gasteiger partial charge < -0.3 is 5.73 Å². The maximum Gasteiger partial charge on any atom is 0.263 e. The van der Waals surface area contributed by atoms with Crippen molar-refractivity contribution in [2.24, 2.45) is 10.7 Å². The average molecular weight is 316 g/mol. The lowest BCUT2D eigenvalue weighted by Gasteiger charge is -2.05. The molecule has 0 saturated carbocycles. The molecule has 0 heterocycles. The van der Waals surface area contributed by atoms with Crippen LogP contribution in [-0.4, -0.2) is 11.7 Å². The van der Waals surface area contributed by atoms with E-state index in [9.17, 15) is 13.2 Å². The van der Waals surface area contributed by atoms with Crippen LogP contribution in [0.3, 0.4) is 0 Å². The van der Waals surface area contributed by atoms with Crippen molar-refractivity contribution in [2.75, 3.05) is 5.88 Å². The number of benzene rings is 1. The van der Waals surface area contributed by atoms with Crippen molar-refractivity contribution >= 4 is 39.1 Å². The number of hydrogen-bond donors (Lipinski definition) is 1. The van der Waals surface area contributed by atoms with Crippen LogP contribution in [0.4, 0.5) is 18.9 Å². The summed E-state index contributed by atoms with van der Waals surface area (Å²) in [4.78, 5) is 3.67. The fraction of sp³-hybridized carbons (Fsp3) is 0.222. The number of nitrogens with zero attached hydrogens (tertiary/aromatic N) is 1. The summed E-state index contributed by atoms with van der Waals surface area (Å²) in [5.74, 6) is -0.938. The van der Waals surface area contributed by atoms with Crippen molar-refractivity contribution in [1.82, 2.24) is 0 Å². The van der Waals surface area contributed by atoms with Gasteiger partial charge in [0.2, 0.25) is 0 Å². The monoisotopic (exact) mass is 314 g/mol. The van der Waals surface area contributed by atoms with Crippen molar-refractivity contribution in [3.63, 3.8) is 0 Å². The zero-order valence-electron chi connectivity index (χ0n) is 7.85. The van der Waals surface area contributed by atoms with Gasteiger partial charge in [0.1, 0.15) is 11.5 Å². The van der Waals surface area contributed by atoms with Crippen LogP contribution in [-0.2, 0) is 0 Å². The molecule has 2 nitrogen and oxygen atoms in total. The smallest absolute Gasteiger partial charge is 0.263 e. The normalized spacial score (nSPS) is 12.2.